The topological polar surface area (TPSA) is 20.2 Å². The smallest absolute Gasteiger partial charge is 1.00 e. The zero-order valence-corrected chi connectivity index (χ0v) is 10.5. The van der Waals surface area contributed by atoms with E-state index in [1.54, 1.807) is 0 Å². The van der Waals surface area contributed by atoms with Gasteiger partial charge in [-0.05, 0) is 19.8 Å². The molecule has 0 radical (unpaired) electrons. The van der Waals surface area contributed by atoms with Gasteiger partial charge in [0.15, 0.2) is 0 Å². The largest absolute Gasteiger partial charge is 2.00 e. The number of aliphatic hydroxyl groups is 1. The standard InChI is InChI=1S/C6H14O.Ba.2H/c1-4-6(3,7)5-2;;;/h7H,4-5H2,1-3H3;;;/q;+2;2*-1. The zero-order valence-electron chi connectivity index (χ0n) is 8.07. The Morgan fingerprint density at radius 1 is 1.38 bits per heavy atom. The first-order valence-corrected chi connectivity index (χ1v) is 2.84. The van der Waals surface area contributed by atoms with Crippen LogP contribution in [0.5, 0.6) is 0 Å². The van der Waals surface area contributed by atoms with E-state index in [9.17, 15) is 0 Å². The van der Waals surface area contributed by atoms with Gasteiger partial charge < -0.3 is 7.96 Å². The summed E-state index contributed by atoms with van der Waals surface area (Å²) in [7, 11) is 0. The van der Waals surface area contributed by atoms with Crippen molar-refractivity contribution in [1.82, 2.24) is 0 Å². The minimum absolute atomic E-state index is 0. The molecule has 0 saturated carbocycles. The van der Waals surface area contributed by atoms with E-state index in [0.29, 0.717) is 0 Å². The molecule has 0 atom stereocenters. The molecule has 0 unspecified atom stereocenters. The van der Waals surface area contributed by atoms with Crippen LogP contribution in [0.15, 0.2) is 0 Å². The Labute approximate surface area is 94.9 Å². The zero-order chi connectivity index (χ0) is 5.91. The fraction of sp³-hybridized carbons (Fsp3) is 1.00. The monoisotopic (exact) mass is 242 g/mol. The summed E-state index contributed by atoms with van der Waals surface area (Å²) in [6.45, 7) is 5.83. The minimum Gasteiger partial charge on any atom is -1.00 e. The van der Waals surface area contributed by atoms with Gasteiger partial charge in [0.25, 0.3) is 0 Å². The van der Waals surface area contributed by atoms with Gasteiger partial charge in [0.2, 0.25) is 0 Å². The summed E-state index contributed by atoms with van der Waals surface area (Å²) in [5.74, 6) is 0. The Hall–Kier alpha value is 1.53. The summed E-state index contributed by atoms with van der Waals surface area (Å²) in [6, 6.07) is 0. The first kappa shape index (κ1) is 12.2. The van der Waals surface area contributed by atoms with Gasteiger partial charge >= 0.3 is 48.9 Å². The quantitative estimate of drug-likeness (QED) is 0.725. The van der Waals surface area contributed by atoms with Crippen LogP contribution in [-0.4, -0.2) is 59.6 Å². The summed E-state index contributed by atoms with van der Waals surface area (Å²) < 4.78 is 0. The van der Waals surface area contributed by atoms with Crippen molar-refractivity contribution in [2.24, 2.45) is 0 Å². The van der Waals surface area contributed by atoms with Gasteiger partial charge in [-0.2, -0.15) is 0 Å². The Bertz CT molecular complexity index is 53.7. The van der Waals surface area contributed by atoms with Gasteiger partial charge in [0.05, 0.1) is 5.60 Å². The number of hydrogen-bond acceptors (Lipinski definition) is 1. The molecule has 0 aliphatic heterocycles. The average molecular weight is 242 g/mol. The van der Waals surface area contributed by atoms with Crippen molar-refractivity contribution in [3.05, 3.63) is 0 Å². The molecule has 1 N–H and O–H groups in total. The molecule has 0 fully saturated rings. The molecule has 0 aliphatic carbocycles. The number of hydrogen-bond donors (Lipinski definition) is 1. The average Bonchev–Trinajstić information content (AvgIpc) is 1.68. The van der Waals surface area contributed by atoms with Crippen LogP contribution in [0.1, 0.15) is 36.5 Å². The molecule has 8 heavy (non-hydrogen) atoms. The van der Waals surface area contributed by atoms with Crippen molar-refractivity contribution < 1.29 is 7.96 Å². The maximum Gasteiger partial charge on any atom is 2.00 e. The summed E-state index contributed by atoms with van der Waals surface area (Å²) in [6.07, 6.45) is 1.70. The van der Waals surface area contributed by atoms with Gasteiger partial charge in [0.1, 0.15) is 0 Å². The van der Waals surface area contributed by atoms with E-state index in [-0.39, 0.29) is 51.7 Å². The second-order valence-corrected chi connectivity index (χ2v) is 2.20. The van der Waals surface area contributed by atoms with Gasteiger partial charge in [-0.3, -0.25) is 0 Å². The second-order valence-electron chi connectivity index (χ2n) is 2.20. The first-order valence-electron chi connectivity index (χ1n) is 2.84. The fourth-order valence-corrected chi connectivity index (χ4v) is 0.250. The first-order chi connectivity index (χ1) is 3.12. The van der Waals surface area contributed by atoms with Gasteiger partial charge in [-0.1, -0.05) is 13.8 Å². The molecule has 0 aromatic carbocycles. The SMILES string of the molecule is CCC(C)(O)CC.[Ba+2].[H-].[H-]. The molecule has 0 aromatic heterocycles. The third kappa shape index (κ3) is 5.66. The van der Waals surface area contributed by atoms with E-state index in [2.05, 4.69) is 0 Å². The van der Waals surface area contributed by atoms with Crippen LogP contribution in [0.2, 0.25) is 0 Å². The molecular weight excluding hydrogens is 225 g/mol. The molecule has 48 valence electrons. The van der Waals surface area contributed by atoms with Gasteiger partial charge in [-0.15, -0.1) is 0 Å². The van der Waals surface area contributed by atoms with Gasteiger partial charge in [0, 0.05) is 0 Å². The third-order valence-corrected chi connectivity index (χ3v) is 1.52. The Morgan fingerprint density at radius 3 is 1.62 bits per heavy atom. The number of rotatable bonds is 2. The molecule has 0 rings (SSSR count). The molecule has 0 heterocycles. The molecule has 0 aromatic rings. The van der Waals surface area contributed by atoms with Crippen molar-refractivity contribution in [1.29, 1.82) is 0 Å². The van der Waals surface area contributed by atoms with Crippen LogP contribution in [0.25, 0.3) is 0 Å². The van der Waals surface area contributed by atoms with Gasteiger partial charge in [-0.25, -0.2) is 0 Å². The van der Waals surface area contributed by atoms with E-state index in [4.69, 9.17) is 5.11 Å². The minimum atomic E-state index is -0.417. The second kappa shape index (κ2) is 5.33. The van der Waals surface area contributed by atoms with Crippen LogP contribution in [0.3, 0.4) is 0 Å². The van der Waals surface area contributed by atoms with Crippen LogP contribution < -0.4 is 0 Å². The summed E-state index contributed by atoms with van der Waals surface area (Å²) in [4.78, 5) is 0. The maximum absolute atomic E-state index is 9.13. The van der Waals surface area contributed by atoms with Crippen molar-refractivity contribution >= 4 is 48.9 Å². The molecule has 0 saturated heterocycles. The Kier molecular flexibility index (Phi) is 8.14. The van der Waals surface area contributed by atoms with E-state index in [0.717, 1.165) is 12.8 Å². The molecular formula is C6H16BaO. The Morgan fingerprint density at radius 2 is 1.62 bits per heavy atom. The summed E-state index contributed by atoms with van der Waals surface area (Å²) in [5, 5.41) is 9.13. The molecule has 0 spiro atoms. The van der Waals surface area contributed by atoms with Crippen molar-refractivity contribution in [3.8, 4) is 0 Å². The normalized spacial score (nSPS) is 10.5. The molecule has 2 heteroatoms. The molecule has 0 amide bonds. The fourth-order valence-electron chi connectivity index (χ4n) is 0.250. The van der Waals surface area contributed by atoms with E-state index < -0.39 is 5.60 Å². The van der Waals surface area contributed by atoms with Crippen molar-refractivity contribution in [2.75, 3.05) is 0 Å². The van der Waals surface area contributed by atoms with E-state index >= 15 is 0 Å². The third-order valence-electron chi connectivity index (χ3n) is 1.52. The van der Waals surface area contributed by atoms with Crippen molar-refractivity contribution in [2.45, 2.75) is 39.2 Å². The van der Waals surface area contributed by atoms with Crippen LogP contribution in [0.4, 0.5) is 0 Å². The maximum atomic E-state index is 9.13. The van der Waals surface area contributed by atoms with Crippen molar-refractivity contribution in [3.63, 3.8) is 0 Å². The van der Waals surface area contributed by atoms with Crippen LogP contribution in [-0.2, 0) is 0 Å². The predicted octanol–water partition coefficient (Wildman–Crippen LogP) is 1.40. The van der Waals surface area contributed by atoms with Crippen LogP contribution in [0, 0.1) is 0 Å². The molecule has 0 bridgehead atoms. The van der Waals surface area contributed by atoms with Crippen LogP contribution >= 0.6 is 0 Å². The summed E-state index contributed by atoms with van der Waals surface area (Å²) >= 11 is 0. The molecule has 0 aliphatic rings. The van der Waals surface area contributed by atoms with E-state index in [1.807, 2.05) is 20.8 Å². The Balaban J connectivity index is -0.0000000600. The predicted molar refractivity (Wildman–Crippen MR) is 39.2 cm³/mol. The van der Waals surface area contributed by atoms with E-state index in [1.165, 1.54) is 0 Å². The summed E-state index contributed by atoms with van der Waals surface area (Å²) in [5.41, 5.74) is -0.417. The molecule has 1 nitrogen and oxygen atoms in total.